The minimum absolute atomic E-state index is 0.120. The average molecular weight is 284 g/mol. The molecule has 1 fully saturated rings. The van der Waals surface area contributed by atoms with Crippen LogP contribution in [-0.4, -0.2) is 34.7 Å². The summed E-state index contributed by atoms with van der Waals surface area (Å²) in [4.78, 5) is 0.290. The smallest absolute Gasteiger partial charge is 0.240 e. The van der Waals surface area contributed by atoms with Crippen LogP contribution in [0.2, 0.25) is 0 Å². The highest BCUT2D eigenvalue weighted by molar-refractivity contribution is 7.89. The maximum absolute atomic E-state index is 12.1. The first-order valence-electron chi connectivity index (χ1n) is 6.42. The number of benzene rings is 1. The van der Waals surface area contributed by atoms with Crippen LogP contribution >= 0.6 is 0 Å². The number of nitrogens with one attached hydrogen (secondary N) is 2. The van der Waals surface area contributed by atoms with E-state index >= 15 is 0 Å². The molecule has 2 rings (SSSR count). The van der Waals surface area contributed by atoms with Crippen molar-refractivity contribution in [1.29, 1.82) is 0 Å². The van der Waals surface area contributed by atoms with Gasteiger partial charge in [-0.2, -0.15) is 0 Å². The van der Waals surface area contributed by atoms with Crippen LogP contribution in [0.3, 0.4) is 0 Å². The standard InChI is InChI=1S/C13H20N2O3S/c1-10-11(7-8-18-10)9-15-19(16,17)13-5-3-12(14-2)4-6-13/h3-6,10-11,14-15H,7-9H2,1-2H3. The van der Waals surface area contributed by atoms with Crippen molar-refractivity contribution in [3.8, 4) is 0 Å². The molecule has 5 nitrogen and oxygen atoms in total. The molecule has 1 aromatic carbocycles. The van der Waals surface area contributed by atoms with E-state index < -0.39 is 10.0 Å². The SMILES string of the molecule is CNc1ccc(S(=O)(=O)NCC2CCOC2C)cc1. The van der Waals surface area contributed by atoms with Crippen molar-refractivity contribution < 1.29 is 13.2 Å². The summed E-state index contributed by atoms with van der Waals surface area (Å²) in [7, 11) is -1.63. The van der Waals surface area contributed by atoms with Gasteiger partial charge in [0.25, 0.3) is 0 Å². The normalized spacial score (nSPS) is 23.5. The first-order chi connectivity index (χ1) is 9.03. The summed E-state index contributed by atoms with van der Waals surface area (Å²) >= 11 is 0. The van der Waals surface area contributed by atoms with E-state index in [1.165, 1.54) is 0 Å². The van der Waals surface area contributed by atoms with Crippen molar-refractivity contribution in [3.05, 3.63) is 24.3 Å². The van der Waals surface area contributed by atoms with Crippen molar-refractivity contribution >= 4 is 15.7 Å². The molecule has 0 spiro atoms. The second-order valence-electron chi connectivity index (χ2n) is 4.75. The molecule has 1 aliphatic rings. The van der Waals surface area contributed by atoms with Gasteiger partial charge in [-0.1, -0.05) is 0 Å². The summed E-state index contributed by atoms with van der Waals surface area (Å²) in [5.41, 5.74) is 0.886. The van der Waals surface area contributed by atoms with Gasteiger partial charge in [0.1, 0.15) is 0 Å². The molecule has 0 aliphatic carbocycles. The van der Waals surface area contributed by atoms with Gasteiger partial charge < -0.3 is 10.1 Å². The predicted octanol–water partition coefficient (Wildman–Crippen LogP) is 1.43. The van der Waals surface area contributed by atoms with Crippen molar-refractivity contribution in [2.45, 2.75) is 24.3 Å². The fourth-order valence-electron chi connectivity index (χ4n) is 2.14. The molecular formula is C13H20N2O3S. The highest BCUT2D eigenvalue weighted by Gasteiger charge is 2.26. The van der Waals surface area contributed by atoms with E-state index in [1.54, 1.807) is 31.3 Å². The molecule has 0 saturated carbocycles. The molecular weight excluding hydrogens is 264 g/mol. The van der Waals surface area contributed by atoms with Gasteiger partial charge in [0.05, 0.1) is 11.0 Å². The zero-order chi connectivity index (χ0) is 13.9. The Morgan fingerprint density at radius 3 is 2.53 bits per heavy atom. The third-order valence-corrected chi connectivity index (χ3v) is 4.96. The first kappa shape index (κ1) is 14.3. The number of anilines is 1. The van der Waals surface area contributed by atoms with Crippen LogP contribution in [0.25, 0.3) is 0 Å². The molecule has 0 radical (unpaired) electrons. The Bertz CT molecular complexity index is 513. The van der Waals surface area contributed by atoms with Gasteiger partial charge in [-0.05, 0) is 37.6 Å². The van der Waals surface area contributed by atoms with Crippen molar-refractivity contribution in [3.63, 3.8) is 0 Å². The van der Waals surface area contributed by atoms with Crippen molar-refractivity contribution in [1.82, 2.24) is 4.72 Å². The minimum Gasteiger partial charge on any atom is -0.388 e. The molecule has 1 aliphatic heterocycles. The van der Waals surface area contributed by atoms with Gasteiger partial charge in [0.15, 0.2) is 0 Å². The average Bonchev–Trinajstić information content (AvgIpc) is 2.82. The zero-order valence-electron chi connectivity index (χ0n) is 11.2. The molecule has 106 valence electrons. The van der Waals surface area contributed by atoms with E-state index in [9.17, 15) is 8.42 Å². The van der Waals surface area contributed by atoms with Crippen LogP contribution in [0.15, 0.2) is 29.2 Å². The van der Waals surface area contributed by atoms with Gasteiger partial charge >= 0.3 is 0 Å². The van der Waals surface area contributed by atoms with Gasteiger partial charge in [-0.3, -0.25) is 0 Å². The Balaban J connectivity index is 2.01. The number of sulfonamides is 1. The highest BCUT2D eigenvalue weighted by Crippen LogP contribution is 2.20. The summed E-state index contributed by atoms with van der Waals surface area (Å²) < 4.78 is 32.3. The number of ether oxygens (including phenoxy) is 1. The topological polar surface area (TPSA) is 67.4 Å². The lowest BCUT2D eigenvalue weighted by Crippen LogP contribution is -2.32. The molecule has 1 aromatic rings. The molecule has 0 bridgehead atoms. The fraction of sp³-hybridized carbons (Fsp3) is 0.538. The Labute approximate surface area is 114 Å². The molecule has 1 saturated heterocycles. The summed E-state index contributed by atoms with van der Waals surface area (Å²) in [5.74, 6) is 0.256. The summed E-state index contributed by atoms with van der Waals surface area (Å²) in [6.45, 7) is 3.12. The van der Waals surface area contributed by atoms with E-state index in [4.69, 9.17) is 4.74 Å². The first-order valence-corrected chi connectivity index (χ1v) is 7.90. The Morgan fingerprint density at radius 2 is 2.00 bits per heavy atom. The fourth-order valence-corrected chi connectivity index (χ4v) is 3.24. The lowest BCUT2D eigenvalue weighted by molar-refractivity contribution is 0.107. The van der Waals surface area contributed by atoms with E-state index in [1.807, 2.05) is 6.92 Å². The second-order valence-corrected chi connectivity index (χ2v) is 6.52. The van der Waals surface area contributed by atoms with Gasteiger partial charge in [0, 0.05) is 31.8 Å². The number of hydrogen-bond donors (Lipinski definition) is 2. The maximum Gasteiger partial charge on any atom is 0.240 e. The molecule has 2 atom stereocenters. The summed E-state index contributed by atoms with van der Waals surface area (Å²) in [5, 5.41) is 2.96. The molecule has 0 amide bonds. The third-order valence-electron chi connectivity index (χ3n) is 3.52. The van der Waals surface area contributed by atoms with Crippen LogP contribution in [0, 0.1) is 5.92 Å². The predicted molar refractivity (Wildman–Crippen MR) is 74.7 cm³/mol. The molecule has 19 heavy (non-hydrogen) atoms. The summed E-state index contributed by atoms with van der Waals surface area (Å²) in [6, 6.07) is 6.69. The Morgan fingerprint density at radius 1 is 1.32 bits per heavy atom. The number of hydrogen-bond acceptors (Lipinski definition) is 4. The van der Waals surface area contributed by atoms with Crippen molar-refractivity contribution in [2.24, 2.45) is 5.92 Å². The summed E-state index contributed by atoms with van der Waals surface area (Å²) in [6.07, 6.45) is 1.02. The maximum atomic E-state index is 12.1. The lowest BCUT2D eigenvalue weighted by atomic mass is 10.0. The molecule has 1 heterocycles. The van der Waals surface area contributed by atoms with Crippen LogP contribution in [0.1, 0.15) is 13.3 Å². The monoisotopic (exact) mass is 284 g/mol. The molecule has 2 unspecified atom stereocenters. The quantitative estimate of drug-likeness (QED) is 0.858. The van der Waals surface area contributed by atoms with Crippen LogP contribution in [0.5, 0.6) is 0 Å². The lowest BCUT2D eigenvalue weighted by Gasteiger charge is -2.15. The van der Waals surface area contributed by atoms with Gasteiger partial charge in [0.2, 0.25) is 10.0 Å². The third kappa shape index (κ3) is 3.46. The Kier molecular flexibility index (Phi) is 4.44. The van der Waals surface area contributed by atoms with Crippen molar-refractivity contribution in [2.75, 3.05) is 25.5 Å². The Hall–Kier alpha value is -1.11. The van der Waals surface area contributed by atoms with Gasteiger partial charge in [-0.25, -0.2) is 13.1 Å². The molecule has 0 aromatic heterocycles. The highest BCUT2D eigenvalue weighted by atomic mass is 32.2. The van der Waals surface area contributed by atoms with Crippen LogP contribution in [-0.2, 0) is 14.8 Å². The van der Waals surface area contributed by atoms with E-state index in [-0.39, 0.29) is 16.9 Å². The zero-order valence-corrected chi connectivity index (χ0v) is 12.0. The molecule has 6 heteroatoms. The van der Waals surface area contributed by atoms with E-state index in [0.29, 0.717) is 13.2 Å². The van der Waals surface area contributed by atoms with Crippen LogP contribution in [0.4, 0.5) is 5.69 Å². The number of rotatable bonds is 5. The molecule has 2 N–H and O–H groups in total. The van der Waals surface area contributed by atoms with Gasteiger partial charge in [-0.15, -0.1) is 0 Å². The minimum atomic E-state index is -3.43. The second kappa shape index (κ2) is 5.90. The van der Waals surface area contributed by atoms with E-state index in [0.717, 1.165) is 12.1 Å². The largest absolute Gasteiger partial charge is 0.388 e. The van der Waals surface area contributed by atoms with E-state index in [2.05, 4.69) is 10.0 Å². The van der Waals surface area contributed by atoms with Crippen LogP contribution < -0.4 is 10.0 Å².